The van der Waals surface area contributed by atoms with Crippen LogP contribution in [0.5, 0.6) is 17.2 Å². The lowest BCUT2D eigenvalue weighted by molar-refractivity contribution is -0.119. The third-order valence-corrected chi connectivity index (χ3v) is 5.06. The Hall–Kier alpha value is -2.21. The van der Waals surface area contributed by atoms with Crippen LogP contribution in [0.25, 0.3) is 0 Å². The van der Waals surface area contributed by atoms with Crippen molar-refractivity contribution in [1.29, 1.82) is 0 Å². The zero-order valence-electron chi connectivity index (χ0n) is 14.6. The molecule has 1 aliphatic heterocycles. The molecule has 3 rings (SSSR count). The number of hydrogen-bond acceptors (Lipinski definition) is 4. The van der Waals surface area contributed by atoms with Crippen LogP contribution in [0.15, 0.2) is 34.8 Å². The normalized spacial score (nSPS) is 16.0. The number of nitrogens with zero attached hydrogens (tertiary/aromatic N) is 1. The van der Waals surface area contributed by atoms with Gasteiger partial charge in [-0.05, 0) is 41.8 Å². The number of ether oxygens (including phenoxy) is 3. The van der Waals surface area contributed by atoms with Gasteiger partial charge in [0.1, 0.15) is 0 Å². The molecular formula is C19H20BrNO4. The van der Waals surface area contributed by atoms with Gasteiger partial charge in [-0.2, -0.15) is 0 Å². The summed E-state index contributed by atoms with van der Waals surface area (Å²) in [4.78, 5) is 14.5. The van der Waals surface area contributed by atoms with Crippen molar-refractivity contribution >= 4 is 27.5 Å². The smallest absolute Gasteiger partial charge is 0.234 e. The zero-order chi connectivity index (χ0) is 18.1. The largest absolute Gasteiger partial charge is 0.493 e. The topological polar surface area (TPSA) is 48.0 Å². The molecule has 0 N–H and O–H groups in total. The maximum absolute atomic E-state index is 12.8. The van der Waals surface area contributed by atoms with Gasteiger partial charge in [0.2, 0.25) is 11.7 Å². The summed E-state index contributed by atoms with van der Waals surface area (Å²) in [6, 6.07) is 9.67. The van der Waals surface area contributed by atoms with Gasteiger partial charge >= 0.3 is 0 Å². The van der Waals surface area contributed by atoms with Gasteiger partial charge in [-0.3, -0.25) is 4.79 Å². The first kappa shape index (κ1) is 17.6. The van der Waals surface area contributed by atoms with E-state index in [1.807, 2.05) is 30.3 Å². The predicted octanol–water partition coefficient (Wildman–Crippen LogP) is 3.78. The minimum atomic E-state index is -0.260. The number of methoxy groups -OCH3 is 3. The molecule has 5 nitrogen and oxygen atoms in total. The highest BCUT2D eigenvalue weighted by Gasteiger charge is 2.36. The van der Waals surface area contributed by atoms with E-state index in [9.17, 15) is 4.79 Å². The third-order valence-electron chi connectivity index (χ3n) is 4.56. The average Bonchev–Trinajstić information content (AvgIpc) is 2.85. The van der Waals surface area contributed by atoms with Crippen LogP contribution in [0.2, 0.25) is 0 Å². The number of fused-ring (bicyclic) bond motifs is 1. The molecule has 0 spiro atoms. The van der Waals surface area contributed by atoms with Crippen molar-refractivity contribution < 1.29 is 19.0 Å². The highest BCUT2D eigenvalue weighted by molar-refractivity contribution is 9.10. The lowest BCUT2D eigenvalue weighted by Crippen LogP contribution is -2.25. The van der Waals surface area contributed by atoms with Crippen molar-refractivity contribution in [2.75, 3.05) is 33.3 Å². The second-order valence-corrected chi connectivity index (χ2v) is 6.77. The van der Waals surface area contributed by atoms with E-state index in [2.05, 4.69) is 15.9 Å². The SMILES string of the molecule is COc1ccc(CC2C(=O)N(C)c3ccc(Br)cc32)c(OC)c1OC. The summed E-state index contributed by atoms with van der Waals surface area (Å²) in [6.07, 6.45) is 0.524. The molecule has 1 unspecified atom stereocenters. The lowest BCUT2D eigenvalue weighted by Gasteiger charge is -2.18. The standard InChI is InChI=1S/C19H20BrNO4/c1-21-15-7-6-12(20)10-13(15)14(19(21)22)9-11-5-8-16(23-2)18(25-4)17(11)24-3/h5-8,10,14H,9H2,1-4H3. The molecule has 0 fully saturated rings. The Morgan fingerprint density at radius 3 is 2.40 bits per heavy atom. The molecule has 1 aliphatic rings. The van der Waals surface area contributed by atoms with Crippen molar-refractivity contribution in [3.63, 3.8) is 0 Å². The first-order valence-corrected chi connectivity index (χ1v) is 8.66. The predicted molar refractivity (Wildman–Crippen MR) is 100 cm³/mol. The Morgan fingerprint density at radius 2 is 1.76 bits per heavy atom. The molecule has 0 aromatic heterocycles. The monoisotopic (exact) mass is 405 g/mol. The summed E-state index contributed by atoms with van der Waals surface area (Å²) in [7, 11) is 6.56. The van der Waals surface area contributed by atoms with Gasteiger partial charge in [-0.25, -0.2) is 0 Å². The van der Waals surface area contributed by atoms with Crippen molar-refractivity contribution in [1.82, 2.24) is 0 Å². The van der Waals surface area contributed by atoms with Gasteiger partial charge in [0.25, 0.3) is 0 Å². The fourth-order valence-electron chi connectivity index (χ4n) is 3.34. The van der Waals surface area contributed by atoms with E-state index in [-0.39, 0.29) is 11.8 Å². The maximum atomic E-state index is 12.8. The maximum Gasteiger partial charge on any atom is 0.234 e. The van der Waals surface area contributed by atoms with Crippen molar-refractivity contribution in [2.45, 2.75) is 12.3 Å². The Kier molecular flexibility index (Phi) is 4.90. The number of likely N-dealkylation sites (N-methyl/N-ethyl adjacent to an activating group) is 1. The number of halogens is 1. The van der Waals surface area contributed by atoms with Crippen LogP contribution in [0.1, 0.15) is 17.0 Å². The summed E-state index contributed by atoms with van der Waals surface area (Å²) in [6.45, 7) is 0. The molecule has 0 saturated heterocycles. The van der Waals surface area contributed by atoms with Gasteiger partial charge in [-0.15, -0.1) is 0 Å². The number of benzene rings is 2. The Labute approximate surface area is 155 Å². The van der Waals surface area contributed by atoms with E-state index in [0.29, 0.717) is 23.7 Å². The van der Waals surface area contributed by atoms with Gasteiger partial charge in [-0.1, -0.05) is 22.0 Å². The molecule has 1 atom stereocenters. The highest BCUT2D eigenvalue weighted by Crippen LogP contribution is 2.44. The summed E-state index contributed by atoms with van der Waals surface area (Å²) in [5.74, 6) is 1.55. The second kappa shape index (κ2) is 6.96. The first-order chi connectivity index (χ1) is 12.0. The van der Waals surface area contributed by atoms with Gasteiger partial charge in [0.05, 0.1) is 27.2 Å². The number of hydrogen-bond donors (Lipinski definition) is 0. The van der Waals surface area contributed by atoms with Crippen LogP contribution >= 0.6 is 15.9 Å². The summed E-state index contributed by atoms with van der Waals surface area (Å²) in [5.41, 5.74) is 2.86. The van der Waals surface area contributed by atoms with E-state index in [1.54, 1.807) is 33.3 Å². The Morgan fingerprint density at radius 1 is 1.04 bits per heavy atom. The number of anilines is 1. The zero-order valence-corrected chi connectivity index (χ0v) is 16.2. The van der Waals surface area contributed by atoms with Crippen molar-refractivity contribution in [2.24, 2.45) is 0 Å². The second-order valence-electron chi connectivity index (χ2n) is 5.85. The minimum Gasteiger partial charge on any atom is -0.493 e. The fraction of sp³-hybridized carbons (Fsp3) is 0.316. The summed E-state index contributed by atoms with van der Waals surface area (Å²) in [5, 5.41) is 0. The van der Waals surface area contributed by atoms with Crippen LogP contribution in [-0.4, -0.2) is 34.3 Å². The number of amides is 1. The van der Waals surface area contributed by atoms with Crippen molar-refractivity contribution in [3.05, 3.63) is 45.9 Å². The minimum absolute atomic E-state index is 0.0740. The number of carbonyl (C=O) groups excluding carboxylic acids is 1. The van der Waals surface area contributed by atoms with E-state index in [1.165, 1.54) is 0 Å². The molecule has 0 saturated carbocycles. The molecular weight excluding hydrogens is 386 g/mol. The van der Waals surface area contributed by atoms with Crippen LogP contribution in [0, 0.1) is 0 Å². The molecule has 25 heavy (non-hydrogen) atoms. The van der Waals surface area contributed by atoms with E-state index in [0.717, 1.165) is 21.3 Å². The van der Waals surface area contributed by atoms with Crippen LogP contribution in [0.3, 0.4) is 0 Å². The van der Waals surface area contributed by atoms with E-state index < -0.39 is 0 Å². The first-order valence-electron chi connectivity index (χ1n) is 7.86. The number of rotatable bonds is 5. The summed E-state index contributed by atoms with van der Waals surface area (Å²) >= 11 is 3.50. The highest BCUT2D eigenvalue weighted by atomic mass is 79.9. The molecule has 1 amide bonds. The molecule has 132 valence electrons. The lowest BCUT2D eigenvalue weighted by atomic mass is 9.92. The molecule has 0 radical (unpaired) electrons. The third kappa shape index (κ3) is 2.95. The van der Waals surface area contributed by atoms with Crippen LogP contribution in [0.4, 0.5) is 5.69 Å². The average molecular weight is 406 g/mol. The van der Waals surface area contributed by atoms with Gasteiger partial charge < -0.3 is 19.1 Å². The molecule has 2 aromatic rings. The van der Waals surface area contributed by atoms with Crippen molar-refractivity contribution in [3.8, 4) is 17.2 Å². The molecule has 2 aromatic carbocycles. The van der Waals surface area contributed by atoms with E-state index in [4.69, 9.17) is 14.2 Å². The number of carbonyl (C=O) groups is 1. The Bertz CT molecular complexity index is 821. The molecule has 6 heteroatoms. The quantitative estimate of drug-likeness (QED) is 0.759. The van der Waals surface area contributed by atoms with Gasteiger partial charge in [0.15, 0.2) is 11.5 Å². The Balaban J connectivity index is 2.04. The fourth-order valence-corrected chi connectivity index (χ4v) is 3.72. The van der Waals surface area contributed by atoms with Gasteiger partial charge in [0, 0.05) is 17.2 Å². The molecule has 0 bridgehead atoms. The molecule has 0 aliphatic carbocycles. The molecule has 1 heterocycles. The van der Waals surface area contributed by atoms with Crippen LogP contribution < -0.4 is 19.1 Å². The van der Waals surface area contributed by atoms with E-state index >= 15 is 0 Å². The van der Waals surface area contributed by atoms with Crippen LogP contribution in [-0.2, 0) is 11.2 Å². The summed E-state index contributed by atoms with van der Waals surface area (Å²) < 4.78 is 17.3.